The normalized spacial score (nSPS) is 53.2. The molecule has 0 aromatic heterocycles. The van der Waals surface area contributed by atoms with Gasteiger partial charge >= 0.3 is 5.97 Å². The predicted molar refractivity (Wildman–Crippen MR) is 90.2 cm³/mol. The summed E-state index contributed by atoms with van der Waals surface area (Å²) in [7, 11) is 0. The number of carbonyl (C=O) groups is 1. The van der Waals surface area contributed by atoms with Gasteiger partial charge in [0.15, 0.2) is 0 Å². The Labute approximate surface area is 145 Å². The number of aliphatic hydroxyl groups excluding tert-OH is 2. The molecule has 0 aromatic carbocycles. The molecule has 136 valence electrons. The Bertz CT molecular complexity index is 534. The Morgan fingerprint density at radius 3 is 2.71 bits per heavy atom. The minimum Gasteiger partial charge on any atom is -0.456 e. The summed E-state index contributed by atoms with van der Waals surface area (Å²) in [5.41, 5.74) is -0.247. The van der Waals surface area contributed by atoms with E-state index >= 15 is 0 Å². The van der Waals surface area contributed by atoms with E-state index in [-0.39, 0.29) is 29.5 Å². The smallest absolute Gasteiger partial charge is 0.303 e. The van der Waals surface area contributed by atoms with Crippen LogP contribution >= 0.6 is 0 Å². The third-order valence-corrected chi connectivity index (χ3v) is 8.48. The van der Waals surface area contributed by atoms with Gasteiger partial charge in [0, 0.05) is 12.8 Å². The van der Waals surface area contributed by atoms with E-state index in [1.807, 2.05) is 0 Å². The Balaban J connectivity index is 1.68. The first-order valence-corrected chi connectivity index (χ1v) is 9.84. The number of rotatable bonds is 2. The Morgan fingerprint density at radius 1 is 1.21 bits per heavy atom. The maximum absolute atomic E-state index is 11.7. The summed E-state index contributed by atoms with van der Waals surface area (Å²) in [6.45, 7) is 3.83. The molecule has 1 spiro atoms. The van der Waals surface area contributed by atoms with Crippen molar-refractivity contribution in [2.75, 3.05) is 6.61 Å². The van der Waals surface area contributed by atoms with E-state index in [9.17, 15) is 15.0 Å². The van der Waals surface area contributed by atoms with Crippen molar-refractivity contribution in [1.29, 1.82) is 0 Å². The molecule has 0 radical (unpaired) electrons. The summed E-state index contributed by atoms with van der Waals surface area (Å²) in [5, 5.41) is 20.7. The summed E-state index contributed by atoms with van der Waals surface area (Å²) in [6, 6.07) is 0. The van der Waals surface area contributed by atoms with Gasteiger partial charge in [0.05, 0.1) is 12.7 Å². The van der Waals surface area contributed by atoms with E-state index in [4.69, 9.17) is 4.74 Å². The van der Waals surface area contributed by atoms with Gasteiger partial charge < -0.3 is 14.9 Å². The van der Waals surface area contributed by atoms with Crippen molar-refractivity contribution in [2.45, 2.75) is 83.3 Å². The summed E-state index contributed by atoms with van der Waals surface area (Å²) < 4.78 is 5.76. The second-order valence-electron chi connectivity index (χ2n) is 9.50. The van der Waals surface area contributed by atoms with Gasteiger partial charge in [0.1, 0.15) is 5.60 Å². The maximum Gasteiger partial charge on any atom is 0.303 e. The molecular formula is C20H32O4. The van der Waals surface area contributed by atoms with Crippen molar-refractivity contribution in [3.63, 3.8) is 0 Å². The number of carbonyl (C=O) groups excluding carboxylic acids is 1. The van der Waals surface area contributed by atoms with Crippen LogP contribution in [0, 0.1) is 28.6 Å². The number of fused-ring (bicyclic) bond motifs is 3. The summed E-state index contributed by atoms with van der Waals surface area (Å²) >= 11 is 0. The molecule has 4 saturated carbocycles. The number of ether oxygens (including phenoxy) is 1. The number of esters is 1. The SMILES string of the molecule is CC(=O)OC1(CO)CC23CCC4C(O)CCCC4(C)C2CCC1C3. The molecule has 2 bridgehead atoms. The van der Waals surface area contributed by atoms with Crippen LogP contribution in [-0.2, 0) is 9.53 Å². The zero-order valence-corrected chi connectivity index (χ0v) is 15.1. The molecule has 4 heteroatoms. The van der Waals surface area contributed by atoms with Gasteiger partial charge in [0.2, 0.25) is 0 Å². The first-order valence-electron chi connectivity index (χ1n) is 9.84. The third kappa shape index (κ3) is 2.14. The maximum atomic E-state index is 11.7. The summed E-state index contributed by atoms with van der Waals surface area (Å²) in [6.07, 6.45) is 9.47. The lowest BCUT2D eigenvalue weighted by Gasteiger charge is -2.60. The van der Waals surface area contributed by atoms with E-state index < -0.39 is 5.60 Å². The average Bonchev–Trinajstić information content (AvgIpc) is 2.74. The van der Waals surface area contributed by atoms with Gasteiger partial charge in [-0.3, -0.25) is 4.79 Å². The molecule has 0 heterocycles. The Kier molecular flexibility index (Phi) is 3.82. The third-order valence-electron chi connectivity index (χ3n) is 8.48. The lowest BCUT2D eigenvalue weighted by molar-refractivity contribution is -0.168. The van der Waals surface area contributed by atoms with E-state index in [2.05, 4.69) is 6.92 Å². The molecule has 4 rings (SSSR count). The largest absolute Gasteiger partial charge is 0.456 e. The lowest BCUT2D eigenvalue weighted by Crippen LogP contribution is -2.55. The number of hydrogen-bond donors (Lipinski definition) is 2. The van der Waals surface area contributed by atoms with Crippen molar-refractivity contribution in [1.82, 2.24) is 0 Å². The molecule has 4 nitrogen and oxygen atoms in total. The Morgan fingerprint density at radius 2 is 2.00 bits per heavy atom. The highest BCUT2D eigenvalue weighted by molar-refractivity contribution is 5.66. The topological polar surface area (TPSA) is 66.8 Å². The lowest BCUT2D eigenvalue weighted by atomic mass is 9.44. The van der Waals surface area contributed by atoms with Crippen LogP contribution in [0.2, 0.25) is 0 Å². The van der Waals surface area contributed by atoms with Gasteiger partial charge in [0.25, 0.3) is 0 Å². The average molecular weight is 336 g/mol. The molecule has 4 fully saturated rings. The zero-order chi connectivity index (χ0) is 17.2. The quantitative estimate of drug-likeness (QED) is 0.761. The van der Waals surface area contributed by atoms with Crippen LogP contribution < -0.4 is 0 Å². The van der Waals surface area contributed by atoms with Crippen LogP contribution in [0.3, 0.4) is 0 Å². The molecule has 2 N–H and O–H groups in total. The van der Waals surface area contributed by atoms with Gasteiger partial charge in [-0.2, -0.15) is 0 Å². The highest BCUT2D eigenvalue weighted by Gasteiger charge is 2.67. The standard InChI is InChI=1S/C20H32O4/c1-13(22)24-20(12-21)11-19-9-7-15-16(23)4-3-8-18(15,2)17(19)6-5-14(20)10-19/h14-17,21,23H,3-12H2,1-2H3. The van der Waals surface area contributed by atoms with Crippen molar-refractivity contribution in [2.24, 2.45) is 28.6 Å². The number of hydrogen-bond acceptors (Lipinski definition) is 4. The highest BCUT2D eigenvalue weighted by atomic mass is 16.6. The highest BCUT2D eigenvalue weighted by Crippen LogP contribution is 2.71. The minimum atomic E-state index is -0.656. The fourth-order valence-electron chi connectivity index (χ4n) is 7.73. The minimum absolute atomic E-state index is 0.0471. The molecule has 24 heavy (non-hydrogen) atoms. The molecule has 0 aromatic rings. The predicted octanol–water partition coefficient (Wildman–Crippen LogP) is 3.05. The van der Waals surface area contributed by atoms with E-state index in [0.717, 1.165) is 51.4 Å². The van der Waals surface area contributed by atoms with Crippen LogP contribution in [0.25, 0.3) is 0 Å². The van der Waals surface area contributed by atoms with Gasteiger partial charge in [-0.15, -0.1) is 0 Å². The monoisotopic (exact) mass is 336 g/mol. The second-order valence-corrected chi connectivity index (χ2v) is 9.50. The fraction of sp³-hybridized carbons (Fsp3) is 0.950. The van der Waals surface area contributed by atoms with E-state index in [1.54, 1.807) is 0 Å². The molecule has 4 aliphatic carbocycles. The molecule has 7 atom stereocenters. The molecule has 0 amide bonds. The van der Waals surface area contributed by atoms with Gasteiger partial charge in [-0.1, -0.05) is 13.3 Å². The first kappa shape index (κ1) is 16.8. The second kappa shape index (κ2) is 5.44. The molecule has 0 saturated heterocycles. The number of aliphatic hydroxyl groups is 2. The van der Waals surface area contributed by atoms with Crippen LogP contribution in [-0.4, -0.2) is 34.5 Å². The molecule has 0 aliphatic heterocycles. The van der Waals surface area contributed by atoms with Crippen LogP contribution in [0.5, 0.6) is 0 Å². The molecular weight excluding hydrogens is 304 g/mol. The Hall–Kier alpha value is -0.610. The van der Waals surface area contributed by atoms with Crippen molar-refractivity contribution < 1.29 is 19.7 Å². The van der Waals surface area contributed by atoms with E-state index in [0.29, 0.717) is 17.8 Å². The first-order chi connectivity index (χ1) is 11.4. The van der Waals surface area contributed by atoms with Gasteiger partial charge in [-0.25, -0.2) is 0 Å². The van der Waals surface area contributed by atoms with Crippen LogP contribution in [0.15, 0.2) is 0 Å². The van der Waals surface area contributed by atoms with Crippen LogP contribution in [0.1, 0.15) is 71.6 Å². The van der Waals surface area contributed by atoms with Crippen molar-refractivity contribution in [3.8, 4) is 0 Å². The summed E-state index contributed by atoms with van der Waals surface area (Å²) in [5.74, 6) is 1.06. The van der Waals surface area contributed by atoms with Crippen molar-refractivity contribution in [3.05, 3.63) is 0 Å². The van der Waals surface area contributed by atoms with Gasteiger partial charge in [-0.05, 0) is 74.0 Å². The zero-order valence-electron chi connectivity index (χ0n) is 15.1. The van der Waals surface area contributed by atoms with E-state index in [1.165, 1.54) is 13.3 Å². The van der Waals surface area contributed by atoms with Crippen molar-refractivity contribution >= 4 is 5.97 Å². The fourth-order valence-corrected chi connectivity index (χ4v) is 7.73. The summed E-state index contributed by atoms with van der Waals surface area (Å²) in [4.78, 5) is 11.7. The molecule has 7 unspecified atom stereocenters. The molecule has 4 aliphatic rings. The van der Waals surface area contributed by atoms with Crippen LogP contribution in [0.4, 0.5) is 0 Å².